The first-order valence-corrected chi connectivity index (χ1v) is 9.92. The molecule has 1 N–H and O–H groups in total. The number of ether oxygens (including phenoxy) is 1. The first-order chi connectivity index (χ1) is 14.8. The van der Waals surface area contributed by atoms with Crippen LogP contribution in [0.3, 0.4) is 0 Å². The molecule has 0 saturated carbocycles. The third-order valence-electron chi connectivity index (χ3n) is 4.56. The Hall–Kier alpha value is -3.23. The van der Waals surface area contributed by atoms with Crippen LogP contribution in [0.25, 0.3) is 11.0 Å². The zero-order valence-electron chi connectivity index (χ0n) is 17.4. The summed E-state index contributed by atoms with van der Waals surface area (Å²) in [6.07, 6.45) is 3.41. The highest BCUT2D eigenvalue weighted by molar-refractivity contribution is 6.31. The molecule has 0 radical (unpaired) electrons. The highest BCUT2D eigenvalue weighted by Crippen LogP contribution is 2.22. The van der Waals surface area contributed by atoms with Crippen molar-refractivity contribution in [3.8, 4) is 5.75 Å². The minimum atomic E-state index is -0.694. The minimum Gasteiger partial charge on any atom is -0.495 e. The van der Waals surface area contributed by atoms with Crippen LogP contribution < -0.4 is 15.5 Å². The maximum absolute atomic E-state index is 13.2. The van der Waals surface area contributed by atoms with Gasteiger partial charge in [-0.2, -0.15) is 0 Å². The second-order valence-corrected chi connectivity index (χ2v) is 7.57. The smallest absolute Gasteiger partial charge is 0.287 e. The quantitative estimate of drug-likeness (QED) is 0.422. The van der Waals surface area contributed by atoms with Crippen molar-refractivity contribution in [2.45, 2.75) is 6.42 Å². The molecule has 0 saturated heterocycles. The van der Waals surface area contributed by atoms with Crippen molar-refractivity contribution in [1.82, 2.24) is 15.2 Å². The maximum atomic E-state index is 13.2. The largest absolute Gasteiger partial charge is 0.495 e. The van der Waals surface area contributed by atoms with Crippen LogP contribution in [-0.4, -0.2) is 55.9 Å². The van der Waals surface area contributed by atoms with Gasteiger partial charge in [0.2, 0.25) is 17.0 Å². The Labute approximate surface area is 183 Å². The molecule has 0 aliphatic rings. The van der Waals surface area contributed by atoms with Crippen LogP contribution in [0, 0.1) is 0 Å². The molecule has 0 atom stereocenters. The lowest BCUT2D eigenvalue weighted by Gasteiger charge is -2.12. The third-order valence-corrected chi connectivity index (χ3v) is 4.80. The summed E-state index contributed by atoms with van der Waals surface area (Å²) in [5.41, 5.74) is -0.771. The maximum Gasteiger partial charge on any atom is 0.287 e. The number of methoxy groups -OCH3 is 1. The summed E-state index contributed by atoms with van der Waals surface area (Å²) in [5, 5.41) is 3.12. The standard InChI is InChI=1S/C22H22ClN3O5/c1-26(2)8-4-7-25-22(29)21-18(19(27)13-9-15(30-3)12-24-11-13)20(28)16-10-14(23)5-6-17(16)31-21/h5-6,9-12H,4,7-8H2,1-3H3,(H,25,29). The molecule has 0 aliphatic carbocycles. The second kappa shape index (κ2) is 9.72. The molecule has 2 heterocycles. The van der Waals surface area contributed by atoms with Crippen LogP contribution in [0.4, 0.5) is 0 Å². The Balaban J connectivity index is 2.09. The summed E-state index contributed by atoms with van der Waals surface area (Å²) >= 11 is 6.02. The summed E-state index contributed by atoms with van der Waals surface area (Å²) in [6.45, 7) is 1.12. The Bertz CT molecular complexity index is 1190. The van der Waals surface area contributed by atoms with Gasteiger partial charge in [0.05, 0.1) is 18.7 Å². The predicted molar refractivity (Wildman–Crippen MR) is 117 cm³/mol. The van der Waals surface area contributed by atoms with Crippen molar-refractivity contribution < 1.29 is 18.7 Å². The number of aromatic nitrogens is 1. The van der Waals surface area contributed by atoms with Crippen molar-refractivity contribution in [3.63, 3.8) is 0 Å². The van der Waals surface area contributed by atoms with E-state index in [0.29, 0.717) is 23.7 Å². The van der Waals surface area contributed by atoms with Gasteiger partial charge in [-0.15, -0.1) is 0 Å². The molecule has 0 spiro atoms. The SMILES string of the molecule is COc1cncc(C(=O)c2c(C(=O)NCCCN(C)C)oc3ccc(Cl)cc3c2=O)c1. The first kappa shape index (κ1) is 22.5. The summed E-state index contributed by atoms with van der Waals surface area (Å²) in [6, 6.07) is 5.88. The van der Waals surface area contributed by atoms with E-state index in [0.717, 1.165) is 6.54 Å². The monoisotopic (exact) mass is 443 g/mol. The lowest BCUT2D eigenvalue weighted by atomic mass is 10.0. The Morgan fingerprint density at radius 2 is 2.00 bits per heavy atom. The average molecular weight is 444 g/mol. The van der Waals surface area contributed by atoms with E-state index in [2.05, 4.69) is 10.3 Å². The Morgan fingerprint density at radius 1 is 1.23 bits per heavy atom. The van der Waals surface area contributed by atoms with Gasteiger partial charge in [0.1, 0.15) is 16.9 Å². The zero-order chi connectivity index (χ0) is 22.5. The van der Waals surface area contributed by atoms with Crippen molar-refractivity contribution in [2.75, 3.05) is 34.3 Å². The van der Waals surface area contributed by atoms with Gasteiger partial charge in [-0.25, -0.2) is 0 Å². The molecule has 2 aromatic heterocycles. The van der Waals surface area contributed by atoms with Gasteiger partial charge in [-0.1, -0.05) is 11.6 Å². The molecule has 1 aromatic carbocycles. The van der Waals surface area contributed by atoms with Crippen LogP contribution >= 0.6 is 11.6 Å². The molecule has 162 valence electrons. The van der Waals surface area contributed by atoms with Crippen molar-refractivity contribution in [3.05, 3.63) is 68.8 Å². The number of benzene rings is 1. The molecule has 0 fully saturated rings. The van der Waals surface area contributed by atoms with Gasteiger partial charge in [0.15, 0.2) is 0 Å². The molecule has 0 aliphatic heterocycles. The normalized spacial score (nSPS) is 11.0. The van der Waals surface area contributed by atoms with Crippen molar-refractivity contribution >= 4 is 34.3 Å². The molecule has 3 rings (SSSR count). The van der Waals surface area contributed by atoms with E-state index < -0.39 is 17.1 Å². The van der Waals surface area contributed by atoms with Crippen LogP contribution in [0.1, 0.15) is 32.9 Å². The number of hydrogen-bond acceptors (Lipinski definition) is 7. The van der Waals surface area contributed by atoms with Crippen LogP contribution in [0.2, 0.25) is 5.02 Å². The number of hydrogen-bond donors (Lipinski definition) is 1. The number of halogens is 1. The zero-order valence-corrected chi connectivity index (χ0v) is 18.2. The fourth-order valence-electron chi connectivity index (χ4n) is 3.01. The number of carbonyl (C=O) groups excluding carboxylic acids is 2. The number of carbonyl (C=O) groups is 2. The highest BCUT2D eigenvalue weighted by Gasteiger charge is 2.27. The van der Waals surface area contributed by atoms with Crippen LogP contribution in [0.5, 0.6) is 5.75 Å². The number of fused-ring (bicyclic) bond motifs is 1. The minimum absolute atomic E-state index is 0.0923. The van der Waals surface area contributed by atoms with E-state index in [1.54, 1.807) is 6.07 Å². The predicted octanol–water partition coefficient (Wildman–Crippen LogP) is 2.76. The number of nitrogens with zero attached hydrogens (tertiary/aromatic N) is 2. The van der Waals surface area contributed by atoms with Gasteiger partial charge in [0.25, 0.3) is 5.91 Å². The van der Waals surface area contributed by atoms with Gasteiger partial charge in [0, 0.05) is 23.3 Å². The Morgan fingerprint density at radius 3 is 2.71 bits per heavy atom. The van der Waals surface area contributed by atoms with E-state index in [1.165, 1.54) is 37.7 Å². The molecule has 3 aromatic rings. The van der Waals surface area contributed by atoms with Gasteiger partial charge in [-0.05, 0) is 51.3 Å². The number of nitrogens with one attached hydrogen (secondary N) is 1. The summed E-state index contributed by atoms with van der Waals surface area (Å²) in [5.74, 6) is -1.35. The van der Waals surface area contributed by atoms with Gasteiger partial charge < -0.3 is 19.4 Å². The van der Waals surface area contributed by atoms with Gasteiger partial charge in [-0.3, -0.25) is 19.4 Å². The van der Waals surface area contributed by atoms with E-state index in [9.17, 15) is 14.4 Å². The van der Waals surface area contributed by atoms with Crippen LogP contribution in [-0.2, 0) is 0 Å². The van der Waals surface area contributed by atoms with Crippen molar-refractivity contribution in [2.24, 2.45) is 0 Å². The number of amides is 1. The van der Waals surface area contributed by atoms with Crippen LogP contribution in [0.15, 0.2) is 45.9 Å². The van der Waals surface area contributed by atoms with Gasteiger partial charge >= 0.3 is 0 Å². The first-order valence-electron chi connectivity index (χ1n) is 9.55. The average Bonchev–Trinajstić information content (AvgIpc) is 2.76. The van der Waals surface area contributed by atoms with E-state index in [-0.39, 0.29) is 27.9 Å². The summed E-state index contributed by atoms with van der Waals surface area (Å²) < 4.78 is 10.8. The number of ketones is 1. The molecular weight excluding hydrogens is 422 g/mol. The van der Waals surface area contributed by atoms with E-state index >= 15 is 0 Å². The van der Waals surface area contributed by atoms with E-state index in [1.807, 2.05) is 19.0 Å². The number of rotatable bonds is 8. The lowest BCUT2D eigenvalue weighted by Crippen LogP contribution is -2.31. The lowest BCUT2D eigenvalue weighted by molar-refractivity contribution is 0.0912. The molecule has 31 heavy (non-hydrogen) atoms. The van der Waals surface area contributed by atoms with E-state index in [4.69, 9.17) is 20.8 Å². The molecule has 0 bridgehead atoms. The van der Waals surface area contributed by atoms with Crippen molar-refractivity contribution in [1.29, 1.82) is 0 Å². The molecule has 8 nitrogen and oxygen atoms in total. The molecule has 9 heteroatoms. The second-order valence-electron chi connectivity index (χ2n) is 7.13. The molecular formula is C22H22ClN3O5. The third kappa shape index (κ3) is 5.10. The Kier molecular flexibility index (Phi) is 7.04. The molecule has 0 unspecified atom stereocenters. The summed E-state index contributed by atoms with van der Waals surface area (Å²) in [4.78, 5) is 45.2. The highest BCUT2D eigenvalue weighted by atomic mass is 35.5. The topological polar surface area (TPSA) is 102 Å². The summed E-state index contributed by atoms with van der Waals surface area (Å²) in [7, 11) is 5.28. The number of pyridine rings is 1. The fourth-order valence-corrected chi connectivity index (χ4v) is 3.18. The molecule has 1 amide bonds. The fraction of sp³-hybridized carbons (Fsp3) is 0.273.